The highest BCUT2D eigenvalue weighted by molar-refractivity contribution is 7.89. The number of para-hydroxylation sites is 1. The summed E-state index contributed by atoms with van der Waals surface area (Å²) in [5.74, 6) is -0.635. The van der Waals surface area contributed by atoms with Gasteiger partial charge in [-0.2, -0.15) is 4.31 Å². The average Bonchev–Trinajstić information content (AvgIpc) is 3.08. The Labute approximate surface area is 328 Å². The van der Waals surface area contributed by atoms with E-state index in [2.05, 4.69) is 5.32 Å². The molecule has 56 heavy (non-hydrogen) atoms. The van der Waals surface area contributed by atoms with Gasteiger partial charge in [-0.15, -0.1) is 0 Å². The second-order valence-corrected chi connectivity index (χ2v) is 18.4. The fourth-order valence-corrected chi connectivity index (χ4v) is 8.37. The molecular weight excluding hydrogens is 760 g/mol. The van der Waals surface area contributed by atoms with Crippen molar-refractivity contribution in [3.8, 4) is 0 Å². The first kappa shape index (κ1) is 45.5. The summed E-state index contributed by atoms with van der Waals surface area (Å²) in [6, 6.07) is 3.77. The van der Waals surface area contributed by atoms with Crippen LogP contribution in [0.1, 0.15) is 74.1 Å². The third-order valence-corrected chi connectivity index (χ3v) is 11.1. The van der Waals surface area contributed by atoms with Crippen molar-refractivity contribution in [1.29, 1.82) is 0 Å². The van der Waals surface area contributed by atoms with Crippen molar-refractivity contribution in [2.24, 2.45) is 5.92 Å². The molecule has 2 amide bonds. The summed E-state index contributed by atoms with van der Waals surface area (Å²) < 4.78 is 69.9. The number of sulfonamides is 1. The van der Waals surface area contributed by atoms with Gasteiger partial charge in [-0.3, -0.25) is 15.4 Å². The lowest BCUT2D eigenvalue weighted by molar-refractivity contribution is -0.387. The second kappa shape index (κ2) is 18.6. The molecule has 0 radical (unpaired) electrons. The molecule has 3 aliphatic rings. The molecule has 3 saturated heterocycles. The number of rotatable bonds is 13. The minimum atomic E-state index is -4.49. The molecule has 0 aromatic heterocycles. The summed E-state index contributed by atoms with van der Waals surface area (Å²) >= 11 is 0. The molecule has 8 atom stereocenters. The number of ether oxygens (including phenoxy) is 7. The maximum atomic E-state index is 14.2. The van der Waals surface area contributed by atoms with Crippen LogP contribution in [0.2, 0.25) is 0 Å². The van der Waals surface area contributed by atoms with E-state index in [4.69, 9.17) is 33.2 Å². The van der Waals surface area contributed by atoms with Crippen LogP contribution in [0.3, 0.4) is 0 Å². The number of hydrogen-bond acceptors (Lipinski definition) is 15. The van der Waals surface area contributed by atoms with E-state index < -0.39 is 97.5 Å². The molecule has 0 spiro atoms. The topological polar surface area (TPSA) is 235 Å². The molecule has 3 fully saturated rings. The van der Waals surface area contributed by atoms with Crippen molar-refractivity contribution < 1.29 is 66.3 Å². The molecule has 318 valence electrons. The minimum absolute atomic E-state index is 0.0194. The molecule has 3 N–H and O–H groups in total. The lowest BCUT2D eigenvalue weighted by Crippen LogP contribution is -2.68. The minimum Gasteiger partial charge on any atom is -0.444 e. The zero-order valence-corrected chi connectivity index (χ0v) is 34.2. The number of amides is 2. The Morgan fingerprint density at radius 3 is 2.38 bits per heavy atom. The number of nitrogens with zero attached hydrogens (tertiary/aromatic N) is 3. The second-order valence-electron chi connectivity index (χ2n) is 16.5. The van der Waals surface area contributed by atoms with Crippen molar-refractivity contribution in [3.63, 3.8) is 0 Å². The van der Waals surface area contributed by atoms with Crippen molar-refractivity contribution in [1.82, 2.24) is 14.5 Å². The quantitative estimate of drug-likeness (QED) is 0.192. The highest BCUT2D eigenvalue weighted by Gasteiger charge is 2.52. The summed E-state index contributed by atoms with van der Waals surface area (Å²) in [6.45, 7) is 11.0. The zero-order valence-electron chi connectivity index (χ0n) is 33.4. The van der Waals surface area contributed by atoms with E-state index in [1.807, 2.05) is 0 Å². The Hall–Kier alpha value is -3.21. The predicted molar refractivity (Wildman–Crippen MR) is 198 cm³/mol. The molecule has 19 nitrogen and oxygen atoms in total. The number of nitrogens with one attached hydrogen (secondary N) is 1. The van der Waals surface area contributed by atoms with Gasteiger partial charge in [0.05, 0.1) is 30.8 Å². The number of carbonyl (C=O) groups is 2. The first-order valence-corrected chi connectivity index (χ1v) is 20.1. The van der Waals surface area contributed by atoms with Gasteiger partial charge in [-0.05, 0) is 86.1 Å². The number of aliphatic hydroxyl groups is 2. The van der Waals surface area contributed by atoms with E-state index >= 15 is 0 Å². The van der Waals surface area contributed by atoms with Crippen LogP contribution >= 0.6 is 0 Å². The maximum Gasteiger partial charge on any atom is 0.410 e. The molecule has 1 aromatic carbocycles. The monoisotopic (exact) mass is 818 g/mol. The number of benzene rings is 1. The van der Waals surface area contributed by atoms with Crippen LogP contribution in [0.5, 0.6) is 0 Å². The van der Waals surface area contributed by atoms with Gasteiger partial charge < -0.3 is 48.3 Å². The molecule has 1 aromatic rings. The van der Waals surface area contributed by atoms with Gasteiger partial charge in [0.15, 0.2) is 23.7 Å². The first-order valence-electron chi connectivity index (χ1n) is 18.7. The van der Waals surface area contributed by atoms with Gasteiger partial charge >= 0.3 is 12.2 Å². The summed E-state index contributed by atoms with van der Waals surface area (Å²) in [7, 11) is -3.13. The number of nitro groups is 1. The van der Waals surface area contributed by atoms with Gasteiger partial charge in [-0.1, -0.05) is 12.1 Å². The Balaban J connectivity index is 1.61. The molecule has 4 rings (SSSR count). The maximum absolute atomic E-state index is 14.2. The Morgan fingerprint density at radius 1 is 1.07 bits per heavy atom. The SMILES string of the molecule is CN(C(=O)OC(C)(C)C)[C@@H]1[C@@H](O)[C@@H](OC2C[C@@H](CN(CCOC3CCCCO3)S(=O)(=O)c3ccccc3[N+](=O)[O-])CO[C@@H]2NC(=O)OC(C)(C)C)OC[C@]1(C)O. The van der Waals surface area contributed by atoms with E-state index in [1.54, 1.807) is 41.5 Å². The zero-order chi connectivity index (χ0) is 41.6. The van der Waals surface area contributed by atoms with Crippen molar-refractivity contribution in [3.05, 3.63) is 34.4 Å². The van der Waals surface area contributed by atoms with Crippen LogP contribution in [-0.2, 0) is 43.2 Å². The fraction of sp³-hybridized carbons (Fsp3) is 0.778. The van der Waals surface area contributed by atoms with E-state index in [0.717, 1.165) is 34.2 Å². The lowest BCUT2D eigenvalue weighted by Gasteiger charge is -2.48. The summed E-state index contributed by atoms with van der Waals surface area (Å²) in [5.41, 5.74) is -4.09. The molecule has 0 saturated carbocycles. The summed E-state index contributed by atoms with van der Waals surface area (Å²) in [5, 5.41) is 37.3. The number of likely N-dealkylation sites (N-methyl/N-ethyl adjacent to an activating group) is 1. The van der Waals surface area contributed by atoms with Gasteiger partial charge in [0.2, 0.25) is 10.0 Å². The van der Waals surface area contributed by atoms with Crippen molar-refractivity contribution in [2.75, 3.05) is 46.6 Å². The van der Waals surface area contributed by atoms with E-state index in [-0.39, 0.29) is 39.3 Å². The number of nitro benzene ring substituents is 1. The average molecular weight is 819 g/mol. The van der Waals surface area contributed by atoms with E-state index in [0.29, 0.717) is 13.0 Å². The molecule has 0 bridgehead atoms. The molecule has 0 aliphatic carbocycles. The predicted octanol–water partition coefficient (Wildman–Crippen LogP) is 3.10. The smallest absolute Gasteiger partial charge is 0.410 e. The highest BCUT2D eigenvalue weighted by Crippen LogP contribution is 2.34. The Bertz CT molecular complexity index is 1610. The lowest BCUT2D eigenvalue weighted by atomic mass is 9.88. The first-order chi connectivity index (χ1) is 26.0. The summed E-state index contributed by atoms with van der Waals surface area (Å²) in [4.78, 5) is 37.7. The number of aliphatic hydroxyl groups excluding tert-OH is 1. The van der Waals surface area contributed by atoms with E-state index in [9.17, 15) is 38.3 Å². The summed E-state index contributed by atoms with van der Waals surface area (Å²) in [6.07, 6.45) is -5.16. The molecule has 20 heteroatoms. The van der Waals surface area contributed by atoms with Gasteiger partial charge in [0.1, 0.15) is 29.0 Å². The Morgan fingerprint density at radius 2 is 1.75 bits per heavy atom. The van der Waals surface area contributed by atoms with Gasteiger partial charge in [-0.25, -0.2) is 18.0 Å². The van der Waals surface area contributed by atoms with Gasteiger partial charge in [0, 0.05) is 32.8 Å². The third-order valence-electron chi connectivity index (χ3n) is 9.18. The van der Waals surface area contributed by atoms with Crippen LogP contribution < -0.4 is 5.32 Å². The van der Waals surface area contributed by atoms with Crippen molar-refractivity contribution >= 4 is 27.9 Å². The highest BCUT2D eigenvalue weighted by atomic mass is 32.2. The molecule has 3 heterocycles. The fourth-order valence-electron chi connectivity index (χ4n) is 6.71. The standard InChI is InChI=1S/C36H58N4O15S/c1-34(2,3)54-32(42)37-30-25(53-31-28(41)29(36(7,44)22-52-31)38(8)33(43)55-35(4,5)6)19-23(21-51-30)20-39(16-18-50-27-15-11-12-17-49-27)56(47,48)26-14-10-9-13-24(26)40(45)46/h9-10,13-14,23,25,27-31,41,44H,11-12,15-22H2,1-8H3,(H,37,42)/t23-,25?,27?,28+,29+,30-,31+,36-/m0/s1. The van der Waals surface area contributed by atoms with Crippen molar-refractivity contribution in [2.45, 2.75) is 133 Å². The largest absolute Gasteiger partial charge is 0.444 e. The van der Waals surface area contributed by atoms with Crippen LogP contribution in [0, 0.1) is 16.0 Å². The third kappa shape index (κ3) is 12.4. The van der Waals surface area contributed by atoms with Gasteiger partial charge in [0.25, 0.3) is 5.69 Å². The van der Waals surface area contributed by atoms with Crippen LogP contribution in [0.15, 0.2) is 29.2 Å². The number of hydrogen-bond donors (Lipinski definition) is 3. The van der Waals surface area contributed by atoms with Crippen LogP contribution in [0.4, 0.5) is 15.3 Å². The van der Waals surface area contributed by atoms with Crippen LogP contribution in [0.25, 0.3) is 0 Å². The normalized spacial score (nSPS) is 29.0. The van der Waals surface area contributed by atoms with E-state index in [1.165, 1.54) is 26.1 Å². The van der Waals surface area contributed by atoms with Crippen LogP contribution in [-0.4, -0.2) is 145 Å². The molecule has 3 aliphatic heterocycles. The Kier molecular flexibility index (Phi) is 15.1. The number of alkyl carbamates (subject to hydrolysis) is 1. The molecular formula is C36H58N4O15S. The molecule has 2 unspecified atom stereocenters. The number of carbonyl (C=O) groups excluding carboxylic acids is 2.